The number of sulfone groups is 1. The lowest BCUT2D eigenvalue weighted by Gasteiger charge is -2.13. The van der Waals surface area contributed by atoms with Crippen LogP contribution < -0.4 is 16.0 Å². The summed E-state index contributed by atoms with van der Waals surface area (Å²) in [5.41, 5.74) is 0.133. The van der Waals surface area contributed by atoms with Gasteiger partial charge in [0, 0.05) is 6.42 Å². The number of nitrogens with one attached hydrogen (secondary N) is 3. The maximum Gasteiger partial charge on any atom is 0.413 e. The number of unbranched alkanes of at least 4 members (excludes halogenated alkanes) is 1. The van der Waals surface area contributed by atoms with E-state index in [9.17, 15) is 22.8 Å². The normalized spacial score (nSPS) is 10.6. The molecule has 0 bridgehead atoms. The number of anilines is 1. The number of aliphatic imine (C=N–C) groups is 1. The number of rotatable bonds is 7. The van der Waals surface area contributed by atoms with Gasteiger partial charge < -0.3 is 14.8 Å². The number of carbonyl (C=O) groups excluding carboxylic acids is 3. The van der Waals surface area contributed by atoms with Crippen LogP contribution in [0.25, 0.3) is 0 Å². The van der Waals surface area contributed by atoms with Crippen molar-refractivity contribution in [1.82, 2.24) is 10.6 Å². The van der Waals surface area contributed by atoms with Crippen LogP contribution in [0.3, 0.4) is 0 Å². The molecular formula is C22H26N4O7S. The highest BCUT2D eigenvalue weighted by atomic mass is 32.2. The monoisotopic (exact) mass is 490 g/mol. The molecular weight excluding hydrogens is 464 g/mol. The zero-order chi connectivity index (χ0) is 25.1. The highest BCUT2D eigenvalue weighted by Gasteiger charge is 2.20. The summed E-state index contributed by atoms with van der Waals surface area (Å²) in [6, 6.07) is 11.7. The van der Waals surface area contributed by atoms with E-state index in [0.29, 0.717) is 6.42 Å². The largest absolute Gasteiger partial charge is 0.453 e. The standard InChI is InChI=1S/C22H26N4O7S/c1-4-5-11-19(27)23-18-14-16(34(30,31)15-9-7-6-8-10-15)12-13-17(18)24-20(25-21(28)32-2)26-22(29)33-3/h6-10,12-14H,4-5,11H2,1-3H3,(H,23,27)(H2,24,25,26,28,29). The van der Waals surface area contributed by atoms with Crippen LogP contribution >= 0.6 is 0 Å². The smallest absolute Gasteiger partial charge is 0.413 e. The predicted octanol–water partition coefficient (Wildman–Crippen LogP) is 3.35. The predicted molar refractivity (Wildman–Crippen MR) is 125 cm³/mol. The Morgan fingerprint density at radius 2 is 1.53 bits per heavy atom. The third-order valence-corrected chi connectivity index (χ3v) is 6.17. The molecule has 0 radical (unpaired) electrons. The number of hydrogen-bond acceptors (Lipinski definition) is 8. The van der Waals surface area contributed by atoms with E-state index in [-0.39, 0.29) is 39.5 Å². The summed E-state index contributed by atoms with van der Waals surface area (Å²) in [6.07, 6.45) is -0.218. The molecule has 0 spiro atoms. The molecule has 2 aromatic rings. The van der Waals surface area contributed by atoms with E-state index in [0.717, 1.165) is 20.6 Å². The van der Waals surface area contributed by atoms with Gasteiger partial charge in [0.2, 0.25) is 21.7 Å². The van der Waals surface area contributed by atoms with E-state index >= 15 is 0 Å². The summed E-state index contributed by atoms with van der Waals surface area (Å²) in [4.78, 5) is 39.8. The van der Waals surface area contributed by atoms with Crippen LogP contribution in [0, 0.1) is 0 Å². The Kier molecular flexibility index (Phi) is 9.56. The van der Waals surface area contributed by atoms with Crippen molar-refractivity contribution >= 4 is 45.3 Å². The molecule has 0 aliphatic heterocycles. The van der Waals surface area contributed by atoms with Gasteiger partial charge in [-0.3, -0.25) is 15.4 Å². The molecule has 34 heavy (non-hydrogen) atoms. The van der Waals surface area contributed by atoms with Crippen molar-refractivity contribution in [2.75, 3.05) is 19.5 Å². The van der Waals surface area contributed by atoms with Crippen LogP contribution in [0.5, 0.6) is 0 Å². The van der Waals surface area contributed by atoms with Crippen molar-refractivity contribution in [3.05, 3.63) is 48.5 Å². The molecule has 0 saturated heterocycles. The van der Waals surface area contributed by atoms with Gasteiger partial charge in [0.25, 0.3) is 0 Å². The van der Waals surface area contributed by atoms with Crippen LogP contribution in [0.1, 0.15) is 26.2 Å². The molecule has 3 amide bonds. The second-order valence-electron chi connectivity index (χ2n) is 6.84. The van der Waals surface area contributed by atoms with E-state index in [2.05, 4.69) is 30.4 Å². The second-order valence-corrected chi connectivity index (χ2v) is 8.79. The summed E-state index contributed by atoms with van der Waals surface area (Å²) < 4.78 is 35.1. The number of alkyl carbamates (subject to hydrolysis) is 2. The maximum atomic E-state index is 13.1. The fourth-order valence-corrected chi connectivity index (χ4v) is 3.98. The average Bonchev–Trinajstić information content (AvgIpc) is 2.83. The number of ether oxygens (including phenoxy) is 2. The minimum Gasteiger partial charge on any atom is -0.453 e. The van der Waals surface area contributed by atoms with Gasteiger partial charge in [0.05, 0.1) is 35.4 Å². The number of hydrogen-bond donors (Lipinski definition) is 3. The zero-order valence-electron chi connectivity index (χ0n) is 19.0. The first kappa shape index (κ1) is 26.3. The second kappa shape index (κ2) is 12.3. The number of amides is 3. The van der Waals surface area contributed by atoms with E-state index in [1.165, 1.54) is 30.3 Å². The van der Waals surface area contributed by atoms with Crippen molar-refractivity contribution < 1.29 is 32.3 Å². The lowest BCUT2D eigenvalue weighted by Crippen LogP contribution is -2.43. The molecule has 0 atom stereocenters. The van der Waals surface area contributed by atoms with Crippen molar-refractivity contribution in [2.24, 2.45) is 4.99 Å². The summed E-state index contributed by atoms with van der Waals surface area (Å²) in [5.74, 6) is -0.711. The first-order valence-corrected chi connectivity index (χ1v) is 11.7. The minimum absolute atomic E-state index is 0.0638. The number of nitrogens with zero attached hydrogens (tertiary/aromatic N) is 1. The van der Waals surface area contributed by atoms with Crippen molar-refractivity contribution in [3.63, 3.8) is 0 Å². The van der Waals surface area contributed by atoms with Crippen LogP contribution in [0.4, 0.5) is 21.0 Å². The van der Waals surface area contributed by atoms with Crippen molar-refractivity contribution in [3.8, 4) is 0 Å². The summed E-state index contributed by atoms with van der Waals surface area (Å²) >= 11 is 0. The maximum absolute atomic E-state index is 13.1. The molecule has 0 aliphatic rings. The van der Waals surface area contributed by atoms with Gasteiger partial charge in [0.1, 0.15) is 0 Å². The molecule has 0 heterocycles. The van der Waals surface area contributed by atoms with Crippen LogP contribution in [-0.2, 0) is 24.1 Å². The van der Waals surface area contributed by atoms with Crippen molar-refractivity contribution in [2.45, 2.75) is 36.0 Å². The van der Waals surface area contributed by atoms with E-state index in [1.807, 2.05) is 6.92 Å². The number of guanidine groups is 1. The Bertz CT molecular complexity index is 1150. The molecule has 182 valence electrons. The Morgan fingerprint density at radius 3 is 2.09 bits per heavy atom. The van der Waals surface area contributed by atoms with Gasteiger partial charge in [-0.25, -0.2) is 23.0 Å². The molecule has 0 aliphatic carbocycles. The van der Waals surface area contributed by atoms with E-state index in [4.69, 9.17) is 0 Å². The Hall–Kier alpha value is -3.93. The summed E-state index contributed by atoms with van der Waals surface area (Å²) in [7, 11) is -1.65. The molecule has 0 fully saturated rings. The molecule has 0 unspecified atom stereocenters. The third kappa shape index (κ3) is 7.30. The fraction of sp³-hybridized carbons (Fsp3) is 0.273. The van der Waals surface area contributed by atoms with Crippen LogP contribution in [0.2, 0.25) is 0 Å². The zero-order valence-corrected chi connectivity index (χ0v) is 19.8. The number of carbonyl (C=O) groups is 3. The third-order valence-electron chi connectivity index (χ3n) is 4.41. The molecule has 12 heteroatoms. The summed E-state index contributed by atoms with van der Waals surface area (Å²) in [5, 5.41) is 7.07. The van der Waals surface area contributed by atoms with Crippen molar-refractivity contribution in [1.29, 1.82) is 0 Å². The number of methoxy groups -OCH3 is 2. The van der Waals surface area contributed by atoms with Gasteiger partial charge in [-0.2, -0.15) is 0 Å². The number of benzene rings is 2. The fourth-order valence-electron chi connectivity index (χ4n) is 2.67. The van der Waals surface area contributed by atoms with Gasteiger partial charge in [0.15, 0.2) is 0 Å². The lowest BCUT2D eigenvalue weighted by molar-refractivity contribution is -0.116. The molecule has 0 saturated carbocycles. The molecule has 0 aromatic heterocycles. The van der Waals surface area contributed by atoms with Gasteiger partial charge >= 0.3 is 12.2 Å². The van der Waals surface area contributed by atoms with Crippen LogP contribution in [-0.4, -0.2) is 46.7 Å². The molecule has 11 nitrogen and oxygen atoms in total. The lowest BCUT2D eigenvalue weighted by atomic mass is 10.2. The highest BCUT2D eigenvalue weighted by molar-refractivity contribution is 7.91. The summed E-state index contributed by atoms with van der Waals surface area (Å²) in [6.45, 7) is 1.93. The topological polar surface area (TPSA) is 152 Å². The van der Waals surface area contributed by atoms with E-state index in [1.54, 1.807) is 18.2 Å². The first-order chi connectivity index (χ1) is 16.2. The quantitative estimate of drug-likeness (QED) is 0.397. The average molecular weight is 491 g/mol. The molecule has 2 rings (SSSR count). The Balaban J connectivity index is 2.56. The van der Waals surface area contributed by atoms with Gasteiger partial charge in [-0.05, 0) is 36.8 Å². The Morgan fingerprint density at radius 1 is 0.912 bits per heavy atom. The molecule has 2 aromatic carbocycles. The minimum atomic E-state index is -3.88. The molecule has 3 N–H and O–H groups in total. The first-order valence-electron chi connectivity index (χ1n) is 10.2. The van der Waals surface area contributed by atoms with E-state index < -0.39 is 22.0 Å². The SMILES string of the molecule is CCCCC(=O)Nc1cc(S(=O)(=O)c2ccccc2)ccc1N=C(NC(=O)OC)NC(=O)OC. The van der Waals surface area contributed by atoms with Gasteiger partial charge in [-0.1, -0.05) is 31.5 Å². The highest BCUT2D eigenvalue weighted by Crippen LogP contribution is 2.31. The van der Waals surface area contributed by atoms with Gasteiger partial charge in [-0.15, -0.1) is 0 Å². The Labute approximate surface area is 197 Å². The van der Waals surface area contributed by atoms with Crippen LogP contribution in [0.15, 0.2) is 63.3 Å².